The molecule has 0 fully saturated rings. The first-order valence-electron chi connectivity index (χ1n) is 6.37. The summed E-state index contributed by atoms with van der Waals surface area (Å²) in [6, 6.07) is 11.9. The summed E-state index contributed by atoms with van der Waals surface area (Å²) in [6.07, 6.45) is 1.64. The molecule has 5 nitrogen and oxygen atoms in total. The number of H-pyrrole nitrogens is 1. The van der Waals surface area contributed by atoms with E-state index in [1.54, 1.807) is 6.20 Å². The normalized spacial score (nSPS) is 10.7. The number of nitrogens with one attached hydrogen (secondary N) is 2. The summed E-state index contributed by atoms with van der Waals surface area (Å²) >= 11 is 0. The fourth-order valence-electron chi connectivity index (χ4n) is 2.01. The first kappa shape index (κ1) is 12.3. The zero-order chi connectivity index (χ0) is 13.9. The predicted octanol–water partition coefficient (Wildman–Crippen LogP) is 2.24. The van der Waals surface area contributed by atoms with E-state index in [0.29, 0.717) is 18.0 Å². The Hall–Kier alpha value is -2.69. The average molecular weight is 266 g/mol. The molecule has 0 atom stereocenters. The van der Waals surface area contributed by atoms with Gasteiger partial charge in [-0.1, -0.05) is 29.8 Å². The van der Waals surface area contributed by atoms with Gasteiger partial charge in [-0.3, -0.25) is 4.98 Å². The molecular weight excluding hydrogens is 252 g/mol. The Morgan fingerprint density at radius 3 is 2.80 bits per heavy atom. The van der Waals surface area contributed by atoms with Crippen molar-refractivity contribution < 1.29 is 0 Å². The van der Waals surface area contributed by atoms with E-state index < -0.39 is 5.69 Å². The highest BCUT2D eigenvalue weighted by atomic mass is 16.1. The maximum atomic E-state index is 11.5. The number of aromatic nitrogens is 3. The van der Waals surface area contributed by atoms with Crippen LogP contribution in [0.5, 0.6) is 0 Å². The lowest BCUT2D eigenvalue weighted by Crippen LogP contribution is -2.14. The molecule has 0 aliphatic rings. The van der Waals surface area contributed by atoms with Gasteiger partial charge in [-0.2, -0.15) is 4.98 Å². The molecule has 0 spiro atoms. The molecule has 1 aromatic carbocycles. The number of rotatable bonds is 3. The van der Waals surface area contributed by atoms with E-state index in [1.165, 1.54) is 5.56 Å². The van der Waals surface area contributed by atoms with Gasteiger partial charge in [0.05, 0.1) is 5.39 Å². The fourth-order valence-corrected chi connectivity index (χ4v) is 2.01. The zero-order valence-electron chi connectivity index (χ0n) is 11.1. The molecule has 100 valence electrons. The molecule has 0 amide bonds. The second kappa shape index (κ2) is 5.13. The SMILES string of the molecule is Cc1ccc(CNc2nc(=O)[nH]c3ncccc23)cc1. The summed E-state index contributed by atoms with van der Waals surface area (Å²) in [5.74, 6) is 0.553. The van der Waals surface area contributed by atoms with Gasteiger partial charge in [-0.05, 0) is 24.6 Å². The van der Waals surface area contributed by atoms with E-state index in [9.17, 15) is 4.79 Å². The lowest BCUT2D eigenvalue weighted by atomic mass is 10.1. The molecule has 0 saturated heterocycles. The van der Waals surface area contributed by atoms with Gasteiger partial charge in [0.1, 0.15) is 11.5 Å². The van der Waals surface area contributed by atoms with Crippen LogP contribution in [0.3, 0.4) is 0 Å². The van der Waals surface area contributed by atoms with Gasteiger partial charge in [-0.15, -0.1) is 0 Å². The maximum Gasteiger partial charge on any atom is 0.348 e. The number of anilines is 1. The fraction of sp³-hybridized carbons (Fsp3) is 0.133. The van der Waals surface area contributed by atoms with E-state index in [4.69, 9.17) is 0 Å². The highest BCUT2D eigenvalue weighted by Gasteiger charge is 2.05. The lowest BCUT2D eigenvalue weighted by molar-refractivity contribution is 1.05. The third-order valence-corrected chi connectivity index (χ3v) is 3.08. The number of pyridine rings is 1. The van der Waals surface area contributed by atoms with Crippen LogP contribution in [0.1, 0.15) is 11.1 Å². The Morgan fingerprint density at radius 2 is 2.00 bits per heavy atom. The summed E-state index contributed by atoms with van der Waals surface area (Å²) in [5.41, 5.74) is 2.49. The van der Waals surface area contributed by atoms with Crippen molar-refractivity contribution in [2.24, 2.45) is 0 Å². The largest absolute Gasteiger partial charge is 0.365 e. The summed E-state index contributed by atoms with van der Waals surface area (Å²) in [7, 11) is 0. The Morgan fingerprint density at radius 1 is 1.20 bits per heavy atom. The summed E-state index contributed by atoms with van der Waals surface area (Å²) < 4.78 is 0. The Bertz CT molecular complexity index is 793. The third kappa shape index (κ3) is 2.51. The van der Waals surface area contributed by atoms with E-state index >= 15 is 0 Å². The zero-order valence-corrected chi connectivity index (χ0v) is 11.1. The average Bonchev–Trinajstić information content (AvgIpc) is 2.46. The van der Waals surface area contributed by atoms with Crippen molar-refractivity contribution in [1.29, 1.82) is 0 Å². The van der Waals surface area contributed by atoms with Crippen LogP contribution >= 0.6 is 0 Å². The van der Waals surface area contributed by atoms with Crippen LogP contribution in [-0.2, 0) is 6.54 Å². The number of aromatic amines is 1. The molecular formula is C15H14N4O. The maximum absolute atomic E-state index is 11.5. The first-order valence-corrected chi connectivity index (χ1v) is 6.37. The van der Waals surface area contributed by atoms with E-state index in [1.807, 2.05) is 12.1 Å². The number of benzene rings is 1. The van der Waals surface area contributed by atoms with Crippen molar-refractivity contribution in [3.8, 4) is 0 Å². The topological polar surface area (TPSA) is 70.7 Å². The first-order chi connectivity index (χ1) is 9.72. The number of hydrogen-bond acceptors (Lipinski definition) is 4. The van der Waals surface area contributed by atoms with Crippen molar-refractivity contribution >= 4 is 16.9 Å². The van der Waals surface area contributed by atoms with E-state index in [-0.39, 0.29) is 0 Å². The van der Waals surface area contributed by atoms with Crippen LogP contribution in [0, 0.1) is 6.92 Å². The Kier molecular flexibility index (Phi) is 3.16. The van der Waals surface area contributed by atoms with Crippen molar-refractivity contribution in [2.45, 2.75) is 13.5 Å². The smallest absolute Gasteiger partial charge is 0.348 e. The van der Waals surface area contributed by atoms with Crippen LogP contribution in [0.25, 0.3) is 11.0 Å². The quantitative estimate of drug-likeness (QED) is 0.762. The van der Waals surface area contributed by atoms with Crippen LogP contribution in [0.2, 0.25) is 0 Å². The van der Waals surface area contributed by atoms with Gasteiger partial charge in [0.2, 0.25) is 0 Å². The minimum atomic E-state index is -0.400. The van der Waals surface area contributed by atoms with Crippen LogP contribution < -0.4 is 11.0 Å². The Labute approximate surface area is 115 Å². The third-order valence-electron chi connectivity index (χ3n) is 3.08. The van der Waals surface area contributed by atoms with Crippen molar-refractivity contribution in [2.75, 3.05) is 5.32 Å². The van der Waals surface area contributed by atoms with Crippen LogP contribution in [0.4, 0.5) is 5.82 Å². The van der Waals surface area contributed by atoms with Gasteiger partial charge < -0.3 is 5.32 Å². The van der Waals surface area contributed by atoms with Gasteiger partial charge in [0, 0.05) is 12.7 Å². The molecule has 2 aromatic heterocycles. The van der Waals surface area contributed by atoms with Crippen molar-refractivity contribution in [3.05, 3.63) is 64.2 Å². The minimum Gasteiger partial charge on any atom is -0.365 e. The van der Waals surface area contributed by atoms with Gasteiger partial charge in [-0.25, -0.2) is 9.78 Å². The lowest BCUT2D eigenvalue weighted by Gasteiger charge is -2.08. The van der Waals surface area contributed by atoms with Crippen molar-refractivity contribution in [1.82, 2.24) is 15.0 Å². The summed E-state index contributed by atoms with van der Waals surface area (Å²) in [4.78, 5) is 22.2. The molecule has 0 unspecified atom stereocenters. The molecule has 0 radical (unpaired) electrons. The van der Waals surface area contributed by atoms with E-state index in [2.05, 4.69) is 51.5 Å². The number of hydrogen-bond donors (Lipinski definition) is 2. The van der Waals surface area contributed by atoms with Crippen molar-refractivity contribution in [3.63, 3.8) is 0 Å². The molecule has 2 N–H and O–H groups in total. The minimum absolute atomic E-state index is 0.400. The molecule has 20 heavy (non-hydrogen) atoms. The number of nitrogens with zero attached hydrogens (tertiary/aromatic N) is 2. The second-order valence-corrected chi connectivity index (χ2v) is 4.63. The molecule has 0 aliphatic carbocycles. The highest BCUT2D eigenvalue weighted by molar-refractivity contribution is 5.85. The monoisotopic (exact) mass is 266 g/mol. The van der Waals surface area contributed by atoms with Crippen LogP contribution in [-0.4, -0.2) is 15.0 Å². The van der Waals surface area contributed by atoms with Gasteiger partial charge in [0.25, 0.3) is 0 Å². The number of fused-ring (bicyclic) bond motifs is 1. The predicted molar refractivity (Wildman–Crippen MR) is 78.7 cm³/mol. The molecule has 0 saturated carbocycles. The number of aryl methyl sites for hydroxylation is 1. The summed E-state index contributed by atoms with van der Waals surface area (Å²) in [6.45, 7) is 2.66. The molecule has 0 aliphatic heterocycles. The van der Waals surface area contributed by atoms with Gasteiger partial charge >= 0.3 is 5.69 Å². The molecule has 2 heterocycles. The molecule has 3 aromatic rings. The van der Waals surface area contributed by atoms with Gasteiger partial charge in [0.15, 0.2) is 0 Å². The molecule has 5 heteroatoms. The summed E-state index contributed by atoms with van der Waals surface area (Å²) in [5, 5.41) is 4.00. The standard InChI is InChI=1S/C15H14N4O/c1-10-4-6-11(7-5-10)9-17-14-12-3-2-8-16-13(12)18-15(20)19-14/h2-8H,9H2,1H3,(H2,16,17,18,19,20). The Balaban J connectivity index is 1.90. The molecule has 0 bridgehead atoms. The molecule has 3 rings (SSSR count). The van der Waals surface area contributed by atoms with Crippen LogP contribution in [0.15, 0.2) is 47.4 Å². The highest BCUT2D eigenvalue weighted by Crippen LogP contribution is 2.16. The second-order valence-electron chi connectivity index (χ2n) is 4.63. The van der Waals surface area contributed by atoms with E-state index in [0.717, 1.165) is 10.9 Å².